The predicted octanol–water partition coefficient (Wildman–Crippen LogP) is 3.42. The minimum atomic E-state index is -2.77. The molecular formula is C6H2ClF3IN. The van der Waals surface area contributed by atoms with Crippen molar-refractivity contribution in [2.75, 3.05) is 0 Å². The molecule has 0 bridgehead atoms. The monoisotopic (exact) mass is 307 g/mol. The van der Waals surface area contributed by atoms with Gasteiger partial charge in [0.2, 0.25) is 5.95 Å². The topological polar surface area (TPSA) is 12.9 Å². The molecule has 0 radical (unpaired) electrons. The SMILES string of the molecule is Fc1cc(C(F)F)c(Cl)c(I)n1. The molecule has 66 valence electrons. The number of alkyl halides is 2. The van der Waals surface area contributed by atoms with E-state index < -0.39 is 17.9 Å². The van der Waals surface area contributed by atoms with Crippen LogP contribution in [0.1, 0.15) is 12.0 Å². The summed E-state index contributed by atoms with van der Waals surface area (Å²) in [6.45, 7) is 0. The van der Waals surface area contributed by atoms with Crippen molar-refractivity contribution in [1.82, 2.24) is 4.98 Å². The Balaban J connectivity index is 3.28. The molecule has 0 saturated heterocycles. The van der Waals surface area contributed by atoms with Crippen LogP contribution in [0.2, 0.25) is 5.02 Å². The summed E-state index contributed by atoms with van der Waals surface area (Å²) in [5, 5.41) is -0.188. The molecule has 12 heavy (non-hydrogen) atoms. The molecule has 0 N–H and O–H groups in total. The number of rotatable bonds is 1. The molecule has 0 aromatic carbocycles. The van der Waals surface area contributed by atoms with Crippen molar-refractivity contribution >= 4 is 34.2 Å². The molecule has 1 aromatic heterocycles. The Morgan fingerprint density at radius 1 is 1.50 bits per heavy atom. The Kier molecular flexibility index (Phi) is 3.16. The first-order valence-corrected chi connectivity index (χ1v) is 4.27. The van der Waals surface area contributed by atoms with E-state index in [1.165, 1.54) is 0 Å². The highest BCUT2D eigenvalue weighted by Gasteiger charge is 2.16. The van der Waals surface area contributed by atoms with E-state index in [0.29, 0.717) is 6.07 Å². The van der Waals surface area contributed by atoms with Crippen molar-refractivity contribution in [2.24, 2.45) is 0 Å². The summed E-state index contributed by atoms with van der Waals surface area (Å²) < 4.78 is 36.7. The second kappa shape index (κ2) is 3.78. The van der Waals surface area contributed by atoms with Gasteiger partial charge in [-0.3, -0.25) is 0 Å². The Hall–Kier alpha value is -0.0400. The molecule has 0 fully saturated rings. The second-order valence-corrected chi connectivity index (χ2v) is 3.34. The molecule has 1 nitrogen and oxygen atoms in total. The standard InChI is InChI=1S/C6H2ClF3IN/c7-4-2(5(9)10)1-3(8)12-6(4)11/h1,5H. The molecule has 0 aliphatic rings. The summed E-state index contributed by atoms with van der Waals surface area (Å²) in [5.74, 6) is -0.945. The minimum absolute atomic E-state index is 0.0459. The number of hydrogen-bond donors (Lipinski definition) is 0. The smallest absolute Gasteiger partial charge is 0.212 e. The lowest BCUT2D eigenvalue weighted by molar-refractivity contribution is 0.150. The van der Waals surface area contributed by atoms with Crippen LogP contribution in [0.4, 0.5) is 13.2 Å². The van der Waals surface area contributed by atoms with Crippen LogP contribution in [0, 0.1) is 9.65 Å². The summed E-state index contributed by atoms with van der Waals surface area (Å²) in [4.78, 5) is 3.27. The molecule has 0 amide bonds. The van der Waals surface area contributed by atoms with Crippen LogP contribution in [0.3, 0.4) is 0 Å². The Morgan fingerprint density at radius 2 is 2.08 bits per heavy atom. The number of aromatic nitrogens is 1. The summed E-state index contributed by atoms with van der Waals surface area (Å²) in [7, 11) is 0. The largest absolute Gasteiger partial charge is 0.265 e. The Bertz CT molecular complexity index is 305. The molecule has 0 spiro atoms. The molecule has 0 atom stereocenters. The maximum absolute atomic E-state index is 12.5. The average Bonchev–Trinajstić information content (AvgIpc) is 1.96. The van der Waals surface area contributed by atoms with Gasteiger partial charge >= 0.3 is 0 Å². The van der Waals surface area contributed by atoms with Gasteiger partial charge in [-0.25, -0.2) is 13.8 Å². The Labute approximate surface area is 85.1 Å². The lowest BCUT2D eigenvalue weighted by atomic mass is 10.3. The van der Waals surface area contributed by atoms with E-state index in [4.69, 9.17) is 11.6 Å². The molecule has 0 aliphatic heterocycles. The Morgan fingerprint density at radius 3 is 2.58 bits per heavy atom. The maximum atomic E-state index is 12.5. The van der Waals surface area contributed by atoms with Crippen molar-refractivity contribution in [2.45, 2.75) is 6.43 Å². The first-order chi connectivity index (χ1) is 5.52. The van der Waals surface area contributed by atoms with E-state index in [0.717, 1.165) is 0 Å². The fourth-order valence-electron chi connectivity index (χ4n) is 0.645. The van der Waals surface area contributed by atoms with Crippen LogP contribution in [0.25, 0.3) is 0 Å². The zero-order chi connectivity index (χ0) is 9.30. The summed E-state index contributed by atoms with van der Waals surface area (Å²) >= 11 is 7.04. The molecule has 0 aliphatic carbocycles. The van der Waals surface area contributed by atoms with E-state index >= 15 is 0 Å². The second-order valence-electron chi connectivity index (χ2n) is 1.94. The fourth-order valence-corrected chi connectivity index (χ4v) is 1.37. The van der Waals surface area contributed by atoms with Gasteiger partial charge in [-0.05, 0) is 22.6 Å². The van der Waals surface area contributed by atoms with E-state index in [2.05, 4.69) is 4.98 Å². The third-order valence-corrected chi connectivity index (χ3v) is 2.65. The minimum Gasteiger partial charge on any atom is -0.212 e. The maximum Gasteiger partial charge on any atom is 0.265 e. The quantitative estimate of drug-likeness (QED) is 0.572. The highest BCUT2D eigenvalue weighted by molar-refractivity contribution is 14.1. The summed E-state index contributed by atoms with van der Waals surface area (Å²) in [6, 6.07) is 0.634. The number of nitrogens with zero attached hydrogens (tertiary/aromatic N) is 1. The fraction of sp³-hybridized carbons (Fsp3) is 0.167. The molecule has 1 heterocycles. The number of halogens is 5. The summed E-state index contributed by atoms with van der Waals surface area (Å²) in [5.41, 5.74) is -0.520. The van der Waals surface area contributed by atoms with Crippen LogP contribution in [-0.2, 0) is 0 Å². The summed E-state index contributed by atoms with van der Waals surface area (Å²) in [6.07, 6.45) is -2.77. The lowest BCUT2D eigenvalue weighted by Gasteiger charge is -2.03. The van der Waals surface area contributed by atoms with Crippen molar-refractivity contribution in [3.8, 4) is 0 Å². The van der Waals surface area contributed by atoms with Gasteiger partial charge in [0.25, 0.3) is 6.43 Å². The van der Waals surface area contributed by atoms with E-state index in [1.54, 1.807) is 22.6 Å². The van der Waals surface area contributed by atoms with Crippen LogP contribution < -0.4 is 0 Å². The number of hydrogen-bond acceptors (Lipinski definition) is 1. The van der Waals surface area contributed by atoms with Gasteiger partial charge in [0.05, 0.1) is 5.02 Å². The highest BCUT2D eigenvalue weighted by atomic mass is 127. The molecular weight excluding hydrogens is 305 g/mol. The van der Waals surface area contributed by atoms with Crippen LogP contribution in [0.15, 0.2) is 6.07 Å². The highest BCUT2D eigenvalue weighted by Crippen LogP contribution is 2.29. The van der Waals surface area contributed by atoms with Gasteiger partial charge in [0.1, 0.15) is 3.70 Å². The van der Waals surface area contributed by atoms with Crippen LogP contribution in [0.5, 0.6) is 0 Å². The van der Waals surface area contributed by atoms with Crippen molar-refractivity contribution < 1.29 is 13.2 Å². The molecule has 1 rings (SSSR count). The van der Waals surface area contributed by atoms with E-state index in [-0.39, 0.29) is 8.72 Å². The van der Waals surface area contributed by atoms with Crippen LogP contribution >= 0.6 is 34.2 Å². The van der Waals surface area contributed by atoms with Crippen LogP contribution in [-0.4, -0.2) is 4.98 Å². The molecule has 1 aromatic rings. The van der Waals surface area contributed by atoms with Gasteiger partial charge in [0, 0.05) is 11.6 Å². The number of pyridine rings is 1. The van der Waals surface area contributed by atoms with Crippen molar-refractivity contribution in [3.05, 3.63) is 26.3 Å². The third-order valence-electron chi connectivity index (χ3n) is 1.15. The zero-order valence-corrected chi connectivity index (χ0v) is 8.41. The van der Waals surface area contributed by atoms with Crippen molar-refractivity contribution in [3.63, 3.8) is 0 Å². The van der Waals surface area contributed by atoms with E-state index in [1.807, 2.05) is 0 Å². The zero-order valence-electron chi connectivity index (χ0n) is 5.49. The van der Waals surface area contributed by atoms with E-state index in [9.17, 15) is 13.2 Å². The van der Waals surface area contributed by atoms with Gasteiger partial charge in [-0.1, -0.05) is 11.6 Å². The molecule has 6 heteroatoms. The normalized spacial score (nSPS) is 10.8. The first-order valence-electron chi connectivity index (χ1n) is 2.82. The molecule has 0 saturated carbocycles. The van der Waals surface area contributed by atoms with Gasteiger partial charge in [-0.15, -0.1) is 0 Å². The van der Waals surface area contributed by atoms with Gasteiger partial charge < -0.3 is 0 Å². The van der Waals surface area contributed by atoms with Gasteiger partial charge in [-0.2, -0.15) is 4.39 Å². The van der Waals surface area contributed by atoms with Crippen molar-refractivity contribution in [1.29, 1.82) is 0 Å². The predicted molar refractivity (Wildman–Crippen MR) is 46.9 cm³/mol. The first kappa shape index (κ1) is 10.0. The lowest BCUT2D eigenvalue weighted by Crippen LogP contribution is -1.95. The average molecular weight is 307 g/mol. The van der Waals surface area contributed by atoms with Gasteiger partial charge in [0.15, 0.2) is 0 Å². The third kappa shape index (κ3) is 2.01. The molecule has 0 unspecified atom stereocenters.